The van der Waals surface area contributed by atoms with Crippen LogP contribution in [0.15, 0.2) is 0 Å². The fraction of sp³-hybridized carbons (Fsp3) is 1.00. The van der Waals surface area contributed by atoms with E-state index in [9.17, 15) is 0 Å². The molecule has 6 nitrogen and oxygen atoms in total. The van der Waals surface area contributed by atoms with Crippen molar-refractivity contribution < 1.29 is 4.74 Å². The summed E-state index contributed by atoms with van der Waals surface area (Å²) in [4.78, 5) is 0. The fourth-order valence-corrected chi connectivity index (χ4v) is 4.40. The lowest BCUT2D eigenvalue weighted by Gasteiger charge is -2.50. The molecule has 0 bridgehead atoms. The monoisotopic (exact) mass is 295 g/mol. The van der Waals surface area contributed by atoms with Gasteiger partial charge >= 0.3 is 0 Å². The molecule has 5 unspecified atom stereocenters. The van der Waals surface area contributed by atoms with Crippen molar-refractivity contribution >= 4 is 0 Å². The zero-order chi connectivity index (χ0) is 14.1. The lowest BCUT2D eigenvalue weighted by molar-refractivity contribution is -0.0673. The highest BCUT2D eigenvalue weighted by molar-refractivity contribution is 5.03. The van der Waals surface area contributed by atoms with Gasteiger partial charge in [0.25, 0.3) is 0 Å². The van der Waals surface area contributed by atoms with Gasteiger partial charge in [0.1, 0.15) is 6.23 Å². The quantitative estimate of drug-likeness (QED) is 0.470. The van der Waals surface area contributed by atoms with E-state index in [4.69, 9.17) is 4.74 Å². The summed E-state index contributed by atoms with van der Waals surface area (Å²) in [5.74, 6) is 0. The van der Waals surface area contributed by atoms with E-state index >= 15 is 0 Å². The van der Waals surface area contributed by atoms with Crippen molar-refractivity contribution in [3.63, 3.8) is 0 Å². The van der Waals surface area contributed by atoms with E-state index in [0.717, 1.165) is 26.2 Å². The molecule has 21 heavy (non-hydrogen) atoms. The van der Waals surface area contributed by atoms with Crippen LogP contribution in [0.2, 0.25) is 0 Å². The van der Waals surface area contributed by atoms with Crippen LogP contribution < -0.4 is 26.6 Å². The molecule has 4 aliphatic rings. The molecule has 1 aliphatic carbocycles. The van der Waals surface area contributed by atoms with Crippen molar-refractivity contribution in [2.45, 2.75) is 75.1 Å². The molecule has 0 aromatic heterocycles. The number of rotatable bonds is 2. The first-order valence-corrected chi connectivity index (χ1v) is 8.74. The Labute approximate surface area is 127 Å². The number of hydrogen-bond donors (Lipinski definition) is 5. The Hall–Kier alpha value is -0.240. The van der Waals surface area contributed by atoms with Gasteiger partial charge in [0, 0.05) is 31.3 Å². The van der Waals surface area contributed by atoms with E-state index in [0.29, 0.717) is 30.3 Å². The molecule has 3 saturated heterocycles. The second-order valence-corrected chi connectivity index (χ2v) is 6.95. The molecular formula is C15H29N5O. The fourth-order valence-electron chi connectivity index (χ4n) is 4.40. The molecule has 6 heteroatoms. The van der Waals surface area contributed by atoms with Crippen LogP contribution >= 0.6 is 0 Å². The van der Waals surface area contributed by atoms with Crippen molar-refractivity contribution in [1.29, 1.82) is 0 Å². The standard InChI is InChI=1S/C15H29N5O/c1-2-4-10(5-3-1)19-14-13-11(17-9-18-14)8-12-15(20-13)21-7-6-16-12/h10-20H,1-9H2. The zero-order valence-electron chi connectivity index (χ0n) is 12.7. The van der Waals surface area contributed by atoms with Crippen molar-refractivity contribution in [2.24, 2.45) is 0 Å². The minimum Gasteiger partial charge on any atom is -0.360 e. The number of piperidine rings is 1. The van der Waals surface area contributed by atoms with Crippen LogP contribution in [-0.4, -0.2) is 56.4 Å². The van der Waals surface area contributed by atoms with Gasteiger partial charge in [-0.2, -0.15) is 0 Å². The Morgan fingerprint density at radius 2 is 1.86 bits per heavy atom. The van der Waals surface area contributed by atoms with E-state index in [1.807, 2.05) is 0 Å². The van der Waals surface area contributed by atoms with Gasteiger partial charge in [-0.15, -0.1) is 0 Å². The lowest BCUT2D eigenvalue weighted by Crippen LogP contribution is -2.77. The van der Waals surface area contributed by atoms with Gasteiger partial charge in [0.15, 0.2) is 0 Å². The van der Waals surface area contributed by atoms with Crippen LogP contribution in [0.5, 0.6) is 0 Å². The Morgan fingerprint density at radius 1 is 0.952 bits per heavy atom. The maximum atomic E-state index is 5.91. The molecule has 3 heterocycles. The summed E-state index contributed by atoms with van der Waals surface area (Å²) in [6.07, 6.45) is 8.48. The number of morpholine rings is 1. The summed E-state index contributed by atoms with van der Waals surface area (Å²) in [5, 5.41) is 18.4. The number of ether oxygens (including phenoxy) is 1. The molecule has 0 amide bonds. The predicted octanol–water partition coefficient (Wildman–Crippen LogP) is -0.570. The van der Waals surface area contributed by atoms with Gasteiger partial charge in [-0.3, -0.25) is 21.3 Å². The molecular weight excluding hydrogens is 266 g/mol. The van der Waals surface area contributed by atoms with Crippen molar-refractivity contribution in [3.05, 3.63) is 0 Å². The second-order valence-electron chi connectivity index (χ2n) is 6.95. The average Bonchev–Trinajstić information content (AvgIpc) is 2.54. The normalized spacial score (nSPS) is 44.9. The Balaban J connectivity index is 1.40. The minimum atomic E-state index is 0.164. The van der Waals surface area contributed by atoms with Crippen LogP contribution in [0.4, 0.5) is 0 Å². The number of hydrogen-bond acceptors (Lipinski definition) is 6. The lowest BCUT2D eigenvalue weighted by atomic mass is 9.88. The molecule has 1 saturated carbocycles. The Morgan fingerprint density at radius 3 is 2.76 bits per heavy atom. The Kier molecular flexibility index (Phi) is 4.43. The molecule has 4 rings (SSSR count). The summed E-state index contributed by atoms with van der Waals surface area (Å²) in [6.45, 7) is 2.68. The topological polar surface area (TPSA) is 69.4 Å². The van der Waals surface area contributed by atoms with Gasteiger partial charge in [0.2, 0.25) is 0 Å². The molecule has 0 radical (unpaired) electrons. The highest BCUT2D eigenvalue weighted by Crippen LogP contribution is 2.23. The zero-order valence-corrected chi connectivity index (χ0v) is 12.7. The van der Waals surface area contributed by atoms with Crippen LogP contribution in [-0.2, 0) is 4.74 Å². The molecule has 4 fully saturated rings. The third kappa shape index (κ3) is 3.11. The molecule has 0 spiro atoms. The molecule has 0 aromatic carbocycles. The van der Waals surface area contributed by atoms with Crippen LogP contribution in [0.3, 0.4) is 0 Å². The first-order valence-electron chi connectivity index (χ1n) is 8.74. The maximum Gasteiger partial charge on any atom is 0.124 e. The summed E-state index contributed by atoms with van der Waals surface area (Å²) in [5.41, 5.74) is 0. The van der Waals surface area contributed by atoms with Crippen LogP contribution in [0.1, 0.15) is 38.5 Å². The first-order chi connectivity index (χ1) is 10.4. The smallest absolute Gasteiger partial charge is 0.124 e. The largest absolute Gasteiger partial charge is 0.360 e. The van der Waals surface area contributed by atoms with E-state index in [1.54, 1.807) is 0 Å². The molecule has 5 atom stereocenters. The van der Waals surface area contributed by atoms with E-state index < -0.39 is 0 Å². The number of nitrogens with one attached hydrogen (secondary N) is 5. The van der Waals surface area contributed by atoms with E-state index in [1.165, 1.54) is 32.1 Å². The van der Waals surface area contributed by atoms with E-state index in [-0.39, 0.29) is 6.23 Å². The molecule has 120 valence electrons. The van der Waals surface area contributed by atoms with Gasteiger partial charge in [0.05, 0.1) is 18.8 Å². The van der Waals surface area contributed by atoms with E-state index in [2.05, 4.69) is 26.6 Å². The second kappa shape index (κ2) is 6.48. The summed E-state index contributed by atoms with van der Waals surface area (Å²) < 4.78 is 5.91. The Bertz CT molecular complexity index is 349. The highest BCUT2D eigenvalue weighted by Gasteiger charge is 2.43. The third-order valence-corrected chi connectivity index (χ3v) is 5.54. The van der Waals surface area contributed by atoms with Crippen molar-refractivity contribution in [1.82, 2.24) is 26.6 Å². The predicted molar refractivity (Wildman–Crippen MR) is 81.8 cm³/mol. The van der Waals surface area contributed by atoms with Gasteiger partial charge in [-0.25, -0.2) is 0 Å². The van der Waals surface area contributed by atoms with Gasteiger partial charge in [-0.1, -0.05) is 19.3 Å². The molecule has 0 aromatic rings. The third-order valence-electron chi connectivity index (χ3n) is 5.54. The molecule has 5 N–H and O–H groups in total. The van der Waals surface area contributed by atoms with Crippen LogP contribution in [0, 0.1) is 0 Å². The van der Waals surface area contributed by atoms with Crippen molar-refractivity contribution in [3.8, 4) is 0 Å². The summed E-state index contributed by atoms with van der Waals surface area (Å²) >= 11 is 0. The summed E-state index contributed by atoms with van der Waals surface area (Å²) in [6, 6.07) is 2.05. The van der Waals surface area contributed by atoms with Gasteiger partial charge < -0.3 is 10.1 Å². The minimum absolute atomic E-state index is 0.164. The van der Waals surface area contributed by atoms with Gasteiger partial charge in [-0.05, 0) is 19.3 Å². The number of fused-ring (bicyclic) bond motifs is 2. The maximum absolute atomic E-state index is 5.91. The van der Waals surface area contributed by atoms with Crippen molar-refractivity contribution in [2.75, 3.05) is 19.8 Å². The SMILES string of the molecule is C1CCC(NC2NCNC3CC4NCCOC4NC32)CC1. The summed E-state index contributed by atoms with van der Waals surface area (Å²) in [7, 11) is 0. The first kappa shape index (κ1) is 14.4. The molecule has 3 aliphatic heterocycles. The average molecular weight is 295 g/mol. The van der Waals surface area contributed by atoms with Crippen LogP contribution in [0.25, 0.3) is 0 Å². The highest BCUT2D eigenvalue weighted by atomic mass is 16.5.